The van der Waals surface area contributed by atoms with Crippen molar-refractivity contribution in [3.8, 4) is 0 Å². The van der Waals surface area contributed by atoms with Crippen molar-refractivity contribution in [1.29, 1.82) is 0 Å². The van der Waals surface area contributed by atoms with Crippen molar-refractivity contribution >= 4 is 15.9 Å². The Hall–Kier alpha value is -0.390. The summed E-state index contributed by atoms with van der Waals surface area (Å²) < 4.78 is 2.86. The van der Waals surface area contributed by atoms with Crippen LogP contribution < -0.4 is 0 Å². The Labute approximate surface area is 117 Å². The summed E-state index contributed by atoms with van der Waals surface area (Å²) in [6, 6.07) is 0. The zero-order chi connectivity index (χ0) is 13.7. The Morgan fingerprint density at radius 1 is 1.22 bits per heavy atom. The number of aryl methyl sites for hydroxylation is 2. The van der Waals surface area contributed by atoms with Crippen LogP contribution in [0.3, 0.4) is 0 Å². The van der Waals surface area contributed by atoms with E-state index in [9.17, 15) is 10.2 Å². The molecule has 0 aliphatic heterocycles. The summed E-state index contributed by atoms with van der Waals surface area (Å²) in [5, 5.41) is 24.3. The zero-order valence-corrected chi connectivity index (χ0v) is 12.9. The normalized spacial score (nSPS) is 14.8. The number of hydrogen-bond acceptors (Lipinski definition) is 3. The molecule has 0 bridgehead atoms. The predicted octanol–water partition coefficient (Wildman–Crippen LogP) is 2.29. The number of aromatic nitrogens is 2. The highest BCUT2D eigenvalue weighted by Gasteiger charge is 2.21. The van der Waals surface area contributed by atoms with Gasteiger partial charge in [-0.05, 0) is 35.7 Å². The van der Waals surface area contributed by atoms with Crippen LogP contribution in [0.2, 0.25) is 0 Å². The molecular weight excluding hydrogens is 296 g/mol. The molecule has 2 unspecified atom stereocenters. The van der Waals surface area contributed by atoms with Gasteiger partial charge in [-0.2, -0.15) is 5.10 Å². The summed E-state index contributed by atoms with van der Waals surface area (Å²) in [5.41, 5.74) is 1.97. The van der Waals surface area contributed by atoms with Crippen molar-refractivity contribution in [2.75, 3.05) is 0 Å². The third-order valence-corrected chi connectivity index (χ3v) is 4.04. The van der Waals surface area contributed by atoms with Crippen molar-refractivity contribution in [2.45, 2.75) is 65.2 Å². The summed E-state index contributed by atoms with van der Waals surface area (Å²) in [4.78, 5) is 0. The van der Waals surface area contributed by atoms with Crippen LogP contribution in [0.5, 0.6) is 0 Å². The molecule has 0 amide bonds. The van der Waals surface area contributed by atoms with Gasteiger partial charge in [0.05, 0.1) is 28.1 Å². The molecule has 0 aliphatic rings. The molecule has 0 saturated heterocycles. The maximum atomic E-state index is 10.0. The lowest BCUT2D eigenvalue weighted by molar-refractivity contribution is 0.0136. The van der Waals surface area contributed by atoms with Crippen LogP contribution in [0, 0.1) is 0 Å². The lowest BCUT2D eigenvalue weighted by atomic mass is 10.0. The van der Waals surface area contributed by atoms with Crippen LogP contribution in [0.15, 0.2) is 4.47 Å². The van der Waals surface area contributed by atoms with Crippen molar-refractivity contribution in [3.63, 3.8) is 0 Å². The average Bonchev–Trinajstić information content (AvgIpc) is 2.66. The first-order valence-corrected chi connectivity index (χ1v) is 7.44. The minimum atomic E-state index is -0.729. The highest BCUT2D eigenvalue weighted by atomic mass is 79.9. The van der Waals surface area contributed by atoms with Crippen molar-refractivity contribution in [2.24, 2.45) is 0 Å². The molecule has 1 aromatic rings. The molecule has 0 fully saturated rings. The molecule has 1 heterocycles. The van der Waals surface area contributed by atoms with E-state index in [0.29, 0.717) is 12.8 Å². The van der Waals surface area contributed by atoms with Gasteiger partial charge >= 0.3 is 0 Å². The second-order valence-corrected chi connectivity index (χ2v) is 5.30. The van der Waals surface area contributed by atoms with Gasteiger partial charge in [0.1, 0.15) is 0 Å². The quantitative estimate of drug-likeness (QED) is 0.811. The van der Waals surface area contributed by atoms with E-state index in [2.05, 4.69) is 28.0 Å². The van der Waals surface area contributed by atoms with E-state index in [1.54, 1.807) is 0 Å². The third kappa shape index (κ3) is 3.56. The molecule has 0 saturated carbocycles. The van der Waals surface area contributed by atoms with Crippen molar-refractivity contribution in [1.82, 2.24) is 9.78 Å². The Balaban J connectivity index is 2.85. The minimum Gasteiger partial charge on any atom is -0.390 e. The second kappa shape index (κ2) is 7.26. The average molecular weight is 319 g/mol. The third-order valence-electron chi connectivity index (χ3n) is 3.13. The number of aliphatic hydroxyl groups excluding tert-OH is 2. The van der Waals surface area contributed by atoms with Crippen LogP contribution >= 0.6 is 15.9 Å². The molecule has 0 spiro atoms. The lowest BCUT2D eigenvalue weighted by Gasteiger charge is -2.17. The first-order valence-electron chi connectivity index (χ1n) is 6.65. The monoisotopic (exact) mass is 318 g/mol. The van der Waals surface area contributed by atoms with E-state index in [1.807, 2.05) is 18.5 Å². The summed E-state index contributed by atoms with van der Waals surface area (Å²) in [7, 11) is 0. The van der Waals surface area contributed by atoms with Gasteiger partial charge in [-0.25, -0.2) is 0 Å². The number of aliphatic hydroxyl groups is 2. The maximum absolute atomic E-state index is 10.0. The van der Waals surface area contributed by atoms with Crippen LogP contribution in [-0.4, -0.2) is 32.2 Å². The molecule has 0 aromatic carbocycles. The van der Waals surface area contributed by atoms with E-state index < -0.39 is 12.2 Å². The summed E-state index contributed by atoms with van der Waals surface area (Å²) in [6.07, 6.45) is 1.39. The maximum Gasteiger partial charge on any atom is 0.0854 e. The fourth-order valence-corrected chi connectivity index (χ4v) is 2.76. The van der Waals surface area contributed by atoms with Gasteiger partial charge < -0.3 is 10.2 Å². The standard InChI is InChI=1S/C13H23BrN2O2/c1-4-7-11(17)12(18)8-10-13(14)9(5-2)15-16(10)6-3/h11-12,17-18H,4-8H2,1-3H3. The Bertz CT molecular complexity index is 379. The Morgan fingerprint density at radius 2 is 1.89 bits per heavy atom. The summed E-state index contributed by atoms with van der Waals surface area (Å²) >= 11 is 3.54. The van der Waals surface area contributed by atoms with Crippen molar-refractivity contribution < 1.29 is 10.2 Å². The van der Waals surface area contributed by atoms with E-state index in [1.165, 1.54) is 0 Å². The molecule has 0 radical (unpaired) electrons. The largest absolute Gasteiger partial charge is 0.390 e. The molecule has 1 aromatic heterocycles. The number of rotatable bonds is 7. The Morgan fingerprint density at radius 3 is 2.39 bits per heavy atom. The smallest absolute Gasteiger partial charge is 0.0854 e. The predicted molar refractivity (Wildman–Crippen MR) is 75.6 cm³/mol. The van der Waals surface area contributed by atoms with Crippen molar-refractivity contribution in [3.05, 3.63) is 15.9 Å². The van der Waals surface area contributed by atoms with E-state index >= 15 is 0 Å². The number of nitrogens with zero attached hydrogens (tertiary/aromatic N) is 2. The van der Waals surface area contributed by atoms with Gasteiger partial charge in [-0.1, -0.05) is 20.3 Å². The van der Waals surface area contributed by atoms with Gasteiger partial charge in [0.2, 0.25) is 0 Å². The number of hydrogen-bond donors (Lipinski definition) is 2. The molecule has 2 atom stereocenters. The van der Waals surface area contributed by atoms with Gasteiger partial charge in [0.25, 0.3) is 0 Å². The molecule has 4 nitrogen and oxygen atoms in total. The van der Waals surface area contributed by atoms with Gasteiger partial charge in [-0.15, -0.1) is 0 Å². The molecule has 1 rings (SSSR count). The molecule has 0 aliphatic carbocycles. The van der Waals surface area contributed by atoms with Crippen LogP contribution in [-0.2, 0) is 19.4 Å². The zero-order valence-electron chi connectivity index (χ0n) is 11.4. The van der Waals surface area contributed by atoms with Crippen LogP contribution in [0.1, 0.15) is 45.0 Å². The lowest BCUT2D eigenvalue weighted by Crippen LogP contribution is -2.28. The van der Waals surface area contributed by atoms with E-state index in [-0.39, 0.29) is 0 Å². The van der Waals surface area contributed by atoms with E-state index in [4.69, 9.17) is 0 Å². The van der Waals surface area contributed by atoms with Gasteiger partial charge in [0, 0.05) is 13.0 Å². The molecule has 18 heavy (non-hydrogen) atoms. The first kappa shape index (κ1) is 15.7. The molecule has 5 heteroatoms. The minimum absolute atomic E-state index is 0.433. The molecule has 2 N–H and O–H groups in total. The fourth-order valence-electron chi connectivity index (χ4n) is 2.03. The highest BCUT2D eigenvalue weighted by molar-refractivity contribution is 9.10. The summed E-state index contributed by atoms with van der Waals surface area (Å²) in [6.45, 7) is 6.85. The SMILES string of the molecule is CCCC(O)C(O)Cc1c(Br)c(CC)nn1CC. The first-order chi connectivity index (χ1) is 8.54. The van der Waals surface area contributed by atoms with Crippen LogP contribution in [0.4, 0.5) is 0 Å². The van der Waals surface area contributed by atoms with Crippen LogP contribution in [0.25, 0.3) is 0 Å². The molecule has 104 valence electrons. The van der Waals surface area contributed by atoms with E-state index in [0.717, 1.165) is 35.2 Å². The molecular formula is C13H23BrN2O2. The highest BCUT2D eigenvalue weighted by Crippen LogP contribution is 2.24. The fraction of sp³-hybridized carbons (Fsp3) is 0.769. The second-order valence-electron chi connectivity index (χ2n) is 4.50. The Kier molecular flexibility index (Phi) is 6.32. The van der Waals surface area contributed by atoms with Gasteiger partial charge in [0.15, 0.2) is 0 Å². The topological polar surface area (TPSA) is 58.3 Å². The summed E-state index contributed by atoms with van der Waals surface area (Å²) in [5.74, 6) is 0. The van der Waals surface area contributed by atoms with Gasteiger partial charge in [-0.3, -0.25) is 4.68 Å². The number of halogens is 1.